The maximum Gasteiger partial charge on any atom is 0.222 e. The van der Waals surface area contributed by atoms with Gasteiger partial charge in [0.2, 0.25) is 5.91 Å². The predicted molar refractivity (Wildman–Crippen MR) is 104 cm³/mol. The quantitative estimate of drug-likeness (QED) is 0.561. The maximum atomic E-state index is 13.1. The summed E-state index contributed by atoms with van der Waals surface area (Å²) in [7, 11) is 1.61. The van der Waals surface area contributed by atoms with E-state index in [-0.39, 0.29) is 11.7 Å². The number of nitrogens with zero attached hydrogens (tertiary/aromatic N) is 2. The molecule has 0 saturated carbocycles. The van der Waals surface area contributed by atoms with Crippen LogP contribution in [0.4, 0.5) is 4.39 Å². The first-order valence-electron chi connectivity index (χ1n) is 8.65. The molecule has 3 rings (SSSR count). The van der Waals surface area contributed by atoms with E-state index in [1.54, 1.807) is 24.1 Å². The number of benzene rings is 2. The zero-order valence-electron chi connectivity index (χ0n) is 15.2. The van der Waals surface area contributed by atoms with Crippen LogP contribution in [0.25, 0.3) is 10.9 Å². The molecule has 0 N–H and O–H groups in total. The minimum absolute atomic E-state index is 0.0128. The van der Waals surface area contributed by atoms with Gasteiger partial charge in [-0.2, -0.15) is 0 Å². The second-order valence-electron chi connectivity index (χ2n) is 6.23. The highest BCUT2D eigenvalue weighted by Crippen LogP contribution is 2.26. The molecule has 0 radical (unpaired) electrons. The maximum absolute atomic E-state index is 13.1. The number of pyridine rings is 1. The molecule has 140 valence electrons. The third-order valence-electron chi connectivity index (χ3n) is 4.35. The van der Waals surface area contributed by atoms with E-state index in [1.807, 2.05) is 31.2 Å². The van der Waals surface area contributed by atoms with Gasteiger partial charge in [-0.25, -0.2) is 9.37 Å². The molecule has 1 aromatic heterocycles. The van der Waals surface area contributed by atoms with Gasteiger partial charge in [0.15, 0.2) is 0 Å². The average Bonchev–Trinajstić information content (AvgIpc) is 2.68. The summed E-state index contributed by atoms with van der Waals surface area (Å²) < 4.78 is 18.4. The predicted octanol–water partition coefficient (Wildman–Crippen LogP) is 4.97. The number of methoxy groups -OCH3 is 1. The van der Waals surface area contributed by atoms with Crippen molar-refractivity contribution in [2.75, 3.05) is 7.11 Å². The Hall–Kier alpha value is -2.66. The van der Waals surface area contributed by atoms with Crippen LogP contribution in [-0.2, 0) is 17.9 Å². The first-order chi connectivity index (χ1) is 13.0. The Balaban J connectivity index is 1.91. The standard InChI is InChI=1S/C21H20ClFN2O2/c1-3-20(26)25(12-14-4-6-17(23)7-5-14)13-16-10-15-11-18(27-2)8-9-19(15)24-21(16)22/h4-11H,3,12-13H2,1-2H3. The minimum atomic E-state index is -0.303. The van der Waals surface area contributed by atoms with Crippen molar-refractivity contribution in [1.82, 2.24) is 9.88 Å². The second kappa shape index (κ2) is 8.35. The van der Waals surface area contributed by atoms with Gasteiger partial charge < -0.3 is 9.64 Å². The van der Waals surface area contributed by atoms with Gasteiger partial charge in [-0.15, -0.1) is 0 Å². The number of hydrogen-bond acceptors (Lipinski definition) is 3. The monoisotopic (exact) mass is 386 g/mol. The van der Waals surface area contributed by atoms with Crippen LogP contribution in [0, 0.1) is 5.82 Å². The van der Waals surface area contributed by atoms with Gasteiger partial charge in [-0.3, -0.25) is 4.79 Å². The molecular weight excluding hydrogens is 367 g/mol. The van der Waals surface area contributed by atoms with Crippen LogP contribution in [0.3, 0.4) is 0 Å². The van der Waals surface area contributed by atoms with Crippen LogP contribution in [0.15, 0.2) is 48.5 Å². The first-order valence-corrected chi connectivity index (χ1v) is 9.03. The second-order valence-corrected chi connectivity index (χ2v) is 6.58. The molecule has 27 heavy (non-hydrogen) atoms. The molecule has 0 unspecified atom stereocenters. The van der Waals surface area contributed by atoms with E-state index in [1.165, 1.54) is 12.1 Å². The van der Waals surface area contributed by atoms with Gasteiger partial charge in [0.1, 0.15) is 16.7 Å². The summed E-state index contributed by atoms with van der Waals surface area (Å²) in [5.74, 6) is 0.411. The smallest absolute Gasteiger partial charge is 0.222 e. The number of carbonyl (C=O) groups is 1. The topological polar surface area (TPSA) is 42.4 Å². The highest BCUT2D eigenvalue weighted by atomic mass is 35.5. The van der Waals surface area contributed by atoms with E-state index < -0.39 is 0 Å². The Bertz CT molecular complexity index is 960. The summed E-state index contributed by atoms with van der Waals surface area (Å²) in [5, 5.41) is 1.25. The minimum Gasteiger partial charge on any atom is -0.497 e. The van der Waals surface area contributed by atoms with E-state index in [4.69, 9.17) is 16.3 Å². The zero-order chi connectivity index (χ0) is 19.4. The van der Waals surface area contributed by atoms with Crippen molar-refractivity contribution >= 4 is 28.4 Å². The number of rotatable bonds is 6. The van der Waals surface area contributed by atoms with Crippen LogP contribution < -0.4 is 4.74 Å². The largest absolute Gasteiger partial charge is 0.497 e. The van der Waals surface area contributed by atoms with E-state index >= 15 is 0 Å². The summed E-state index contributed by atoms with van der Waals surface area (Å²) in [5.41, 5.74) is 2.36. The number of amides is 1. The molecule has 3 aromatic rings. The van der Waals surface area contributed by atoms with Crippen molar-refractivity contribution in [2.45, 2.75) is 26.4 Å². The summed E-state index contributed by atoms with van der Waals surface area (Å²) in [4.78, 5) is 18.6. The fourth-order valence-electron chi connectivity index (χ4n) is 2.88. The lowest BCUT2D eigenvalue weighted by atomic mass is 10.1. The van der Waals surface area contributed by atoms with Crippen LogP contribution >= 0.6 is 11.6 Å². The Morgan fingerprint density at radius 1 is 1.15 bits per heavy atom. The highest BCUT2D eigenvalue weighted by molar-refractivity contribution is 6.30. The van der Waals surface area contributed by atoms with Crippen molar-refractivity contribution in [1.29, 1.82) is 0 Å². The summed E-state index contributed by atoms with van der Waals surface area (Å²) in [6, 6.07) is 13.6. The Morgan fingerprint density at radius 3 is 2.56 bits per heavy atom. The summed E-state index contributed by atoms with van der Waals surface area (Å²) in [6.45, 7) is 2.51. The lowest BCUT2D eigenvalue weighted by molar-refractivity contribution is -0.132. The molecule has 1 heterocycles. The van der Waals surface area contributed by atoms with Crippen molar-refractivity contribution in [3.8, 4) is 5.75 Å². The molecular formula is C21H20ClFN2O2. The van der Waals surface area contributed by atoms with Gasteiger partial charge in [-0.05, 0) is 42.0 Å². The Kier molecular flexibility index (Phi) is 5.91. The van der Waals surface area contributed by atoms with E-state index in [0.29, 0.717) is 24.7 Å². The van der Waals surface area contributed by atoms with Crippen LogP contribution in [0.2, 0.25) is 5.15 Å². The van der Waals surface area contributed by atoms with Crippen molar-refractivity contribution in [3.05, 3.63) is 70.6 Å². The first kappa shape index (κ1) is 19.1. The molecule has 0 bridgehead atoms. The van der Waals surface area contributed by atoms with Crippen molar-refractivity contribution in [2.24, 2.45) is 0 Å². The van der Waals surface area contributed by atoms with Crippen LogP contribution in [-0.4, -0.2) is 22.9 Å². The molecule has 0 atom stereocenters. The van der Waals surface area contributed by atoms with E-state index in [2.05, 4.69) is 4.98 Å². The zero-order valence-corrected chi connectivity index (χ0v) is 16.0. The van der Waals surface area contributed by atoms with Gasteiger partial charge >= 0.3 is 0 Å². The van der Waals surface area contributed by atoms with Crippen LogP contribution in [0.1, 0.15) is 24.5 Å². The SMILES string of the molecule is CCC(=O)N(Cc1ccc(F)cc1)Cc1cc2cc(OC)ccc2nc1Cl. The van der Waals surface area contributed by atoms with Crippen LogP contribution in [0.5, 0.6) is 5.75 Å². The summed E-state index contributed by atoms with van der Waals surface area (Å²) in [6.07, 6.45) is 0.369. The Morgan fingerprint density at radius 2 is 1.89 bits per heavy atom. The molecule has 0 aliphatic rings. The molecule has 2 aromatic carbocycles. The Labute approximate surface area is 162 Å². The van der Waals surface area contributed by atoms with Crippen molar-refractivity contribution in [3.63, 3.8) is 0 Å². The number of hydrogen-bond donors (Lipinski definition) is 0. The molecule has 4 nitrogen and oxygen atoms in total. The fraction of sp³-hybridized carbons (Fsp3) is 0.238. The van der Waals surface area contributed by atoms with Gasteiger partial charge in [-0.1, -0.05) is 30.7 Å². The number of aromatic nitrogens is 1. The molecule has 0 spiro atoms. The number of fused-ring (bicyclic) bond motifs is 1. The van der Waals surface area contributed by atoms with E-state index in [0.717, 1.165) is 27.8 Å². The molecule has 0 saturated heterocycles. The van der Waals surface area contributed by atoms with Crippen molar-refractivity contribution < 1.29 is 13.9 Å². The van der Waals surface area contributed by atoms with Gasteiger partial charge in [0.25, 0.3) is 0 Å². The normalized spacial score (nSPS) is 10.8. The summed E-state index contributed by atoms with van der Waals surface area (Å²) >= 11 is 6.36. The third kappa shape index (κ3) is 4.55. The average molecular weight is 387 g/mol. The molecule has 0 aliphatic carbocycles. The highest BCUT2D eigenvalue weighted by Gasteiger charge is 2.16. The number of halogens is 2. The number of ether oxygens (including phenoxy) is 1. The van der Waals surface area contributed by atoms with E-state index in [9.17, 15) is 9.18 Å². The molecule has 0 fully saturated rings. The van der Waals surface area contributed by atoms with Gasteiger partial charge in [0.05, 0.1) is 12.6 Å². The molecule has 1 amide bonds. The lowest BCUT2D eigenvalue weighted by Crippen LogP contribution is -2.29. The lowest BCUT2D eigenvalue weighted by Gasteiger charge is -2.23. The van der Waals surface area contributed by atoms with Gasteiger partial charge in [0, 0.05) is 30.5 Å². The third-order valence-corrected chi connectivity index (χ3v) is 4.68. The number of carbonyl (C=O) groups excluding carboxylic acids is 1. The molecule has 6 heteroatoms. The molecule has 0 aliphatic heterocycles. The fourth-order valence-corrected chi connectivity index (χ4v) is 3.09.